The van der Waals surface area contributed by atoms with E-state index in [9.17, 15) is 14.7 Å². The van der Waals surface area contributed by atoms with Gasteiger partial charge in [-0.25, -0.2) is 0 Å². The molecule has 0 bridgehead atoms. The molecule has 0 spiro atoms. The summed E-state index contributed by atoms with van der Waals surface area (Å²) in [6.07, 6.45) is 0. The van der Waals surface area contributed by atoms with Gasteiger partial charge in [-0.3, -0.25) is 9.59 Å². The maximum absolute atomic E-state index is 12.4. The molecule has 0 saturated carbocycles. The van der Waals surface area contributed by atoms with E-state index < -0.39 is 11.5 Å². The van der Waals surface area contributed by atoms with Gasteiger partial charge in [-0.15, -0.1) is 0 Å². The molecule has 0 radical (unpaired) electrons. The van der Waals surface area contributed by atoms with Crippen LogP contribution in [0.5, 0.6) is 5.75 Å². The maximum atomic E-state index is 12.4. The molecular weight excluding hydrogens is 316 g/mol. The number of aryl methyl sites for hydroxylation is 1. The van der Waals surface area contributed by atoms with Crippen molar-refractivity contribution in [3.8, 4) is 5.75 Å². The number of hydrogen-bond acceptors (Lipinski definition) is 3. The SMILES string of the molecule is Cn1c(=O)c(C(=O)Nc2cccc(Cl)c2)c(O)c2ccccc21. The van der Waals surface area contributed by atoms with Crippen LogP contribution in [-0.4, -0.2) is 15.6 Å². The molecule has 0 aliphatic carbocycles. The molecule has 6 heteroatoms. The minimum atomic E-state index is -0.684. The van der Waals surface area contributed by atoms with Crippen molar-refractivity contribution in [3.63, 3.8) is 0 Å². The molecule has 1 amide bonds. The van der Waals surface area contributed by atoms with E-state index in [1.165, 1.54) is 4.57 Å². The second-order valence-corrected chi connectivity index (χ2v) is 5.51. The molecule has 3 rings (SSSR count). The lowest BCUT2D eigenvalue weighted by Crippen LogP contribution is -2.28. The highest BCUT2D eigenvalue weighted by Crippen LogP contribution is 2.26. The van der Waals surface area contributed by atoms with E-state index in [0.29, 0.717) is 21.6 Å². The van der Waals surface area contributed by atoms with Crippen LogP contribution in [0.15, 0.2) is 53.3 Å². The molecule has 5 nitrogen and oxygen atoms in total. The van der Waals surface area contributed by atoms with Gasteiger partial charge >= 0.3 is 0 Å². The third-order valence-corrected chi connectivity index (χ3v) is 3.82. The smallest absolute Gasteiger partial charge is 0.267 e. The standard InChI is InChI=1S/C17H13ClN2O3/c1-20-13-8-3-2-7-12(13)15(21)14(17(20)23)16(22)19-11-6-4-5-10(18)9-11/h2-9,21H,1H3,(H,19,22). The number of fused-ring (bicyclic) bond motifs is 1. The summed E-state index contributed by atoms with van der Waals surface area (Å²) in [6, 6.07) is 13.4. The zero-order valence-electron chi connectivity index (χ0n) is 12.2. The fourth-order valence-corrected chi connectivity index (χ4v) is 2.63. The largest absolute Gasteiger partial charge is 0.506 e. The molecule has 0 aliphatic rings. The van der Waals surface area contributed by atoms with Crippen LogP contribution in [0.25, 0.3) is 10.9 Å². The molecule has 0 unspecified atom stereocenters. The quantitative estimate of drug-likeness (QED) is 0.759. The number of aromatic hydroxyl groups is 1. The number of aromatic nitrogens is 1. The Morgan fingerprint density at radius 3 is 2.65 bits per heavy atom. The summed E-state index contributed by atoms with van der Waals surface area (Å²) in [5, 5.41) is 13.8. The van der Waals surface area contributed by atoms with Crippen molar-refractivity contribution < 1.29 is 9.90 Å². The van der Waals surface area contributed by atoms with E-state index in [2.05, 4.69) is 5.32 Å². The molecule has 2 aromatic carbocycles. The average molecular weight is 329 g/mol. The Morgan fingerprint density at radius 1 is 1.17 bits per heavy atom. The molecule has 0 fully saturated rings. The van der Waals surface area contributed by atoms with E-state index in [4.69, 9.17) is 11.6 Å². The number of halogens is 1. The lowest BCUT2D eigenvalue weighted by atomic mass is 10.1. The third kappa shape index (κ3) is 2.66. The first kappa shape index (κ1) is 15.1. The van der Waals surface area contributed by atoms with Crippen LogP contribution < -0.4 is 10.9 Å². The monoisotopic (exact) mass is 328 g/mol. The minimum Gasteiger partial charge on any atom is -0.506 e. The topological polar surface area (TPSA) is 71.3 Å². The zero-order chi connectivity index (χ0) is 16.6. The van der Waals surface area contributed by atoms with Gasteiger partial charge in [-0.1, -0.05) is 29.8 Å². The van der Waals surface area contributed by atoms with E-state index in [1.807, 2.05) is 0 Å². The van der Waals surface area contributed by atoms with Crippen LogP contribution in [0.2, 0.25) is 5.02 Å². The van der Waals surface area contributed by atoms with Gasteiger partial charge in [-0.2, -0.15) is 0 Å². The maximum Gasteiger partial charge on any atom is 0.267 e. The van der Waals surface area contributed by atoms with Gasteiger partial charge in [0.1, 0.15) is 11.3 Å². The number of carbonyl (C=O) groups is 1. The van der Waals surface area contributed by atoms with E-state index >= 15 is 0 Å². The third-order valence-electron chi connectivity index (χ3n) is 3.59. The number of anilines is 1. The predicted molar refractivity (Wildman–Crippen MR) is 90.3 cm³/mol. The summed E-state index contributed by atoms with van der Waals surface area (Å²) in [4.78, 5) is 24.9. The average Bonchev–Trinajstić information content (AvgIpc) is 2.53. The van der Waals surface area contributed by atoms with Crippen LogP contribution in [0, 0.1) is 0 Å². The molecule has 1 aromatic heterocycles. The van der Waals surface area contributed by atoms with Crippen LogP contribution in [0.3, 0.4) is 0 Å². The number of hydrogen-bond donors (Lipinski definition) is 2. The highest BCUT2D eigenvalue weighted by Gasteiger charge is 2.21. The van der Waals surface area contributed by atoms with Gasteiger partial charge in [0.05, 0.1) is 5.52 Å². The highest BCUT2D eigenvalue weighted by molar-refractivity contribution is 6.31. The molecule has 116 valence electrons. The number of pyridine rings is 1. The van der Waals surface area contributed by atoms with Gasteiger partial charge in [0.15, 0.2) is 0 Å². The van der Waals surface area contributed by atoms with Gasteiger partial charge in [-0.05, 0) is 30.3 Å². The van der Waals surface area contributed by atoms with Crippen LogP contribution in [-0.2, 0) is 7.05 Å². The Morgan fingerprint density at radius 2 is 1.91 bits per heavy atom. The molecule has 23 heavy (non-hydrogen) atoms. The predicted octanol–water partition coefficient (Wildman–Crippen LogP) is 3.15. The van der Waals surface area contributed by atoms with Crippen molar-refractivity contribution in [3.05, 3.63) is 69.5 Å². The van der Waals surface area contributed by atoms with E-state index in [0.717, 1.165) is 0 Å². The summed E-state index contributed by atoms with van der Waals surface area (Å²) in [5.74, 6) is -1.01. The van der Waals surface area contributed by atoms with E-state index in [-0.39, 0.29) is 11.3 Å². The normalized spacial score (nSPS) is 10.7. The van der Waals surface area contributed by atoms with Gasteiger partial charge < -0.3 is 15.0 Å². The Balaban J connectivity index is 2.12. The fraction of sp³-hybridized carbons (Fsp3) is 0.0588. The number of nitrogens with one attached hydrogen (secondary N) is 1. The Bertz CT molecular complexity index is 979. The van der Waals surface area contributed by atoms with Crippen molar-refractivity contribution in [1.29, 1.82) is 0 Å². The van der Waals surface area contributed by atoms with Crippen molar-refractivity contribution >= 4 is 34.1 Å². The number of para-hydroxylation sites is 1. The second kappa shape index (κ2) is 5.78. The van der Waals surface area contributed by atoms with Gasteiger partial charge in [0, 0.05) is 23.1 Å². The van der Waals surface area contributed by atoms with Gasteiger partial charge in [0.2, 0.25) is 0 Å². The van der Waals surface area contributed by atoms with Crippen LogP contribution >= 0.6 is 11.6 Å². The van der Waals surface area contributed by atoms with E-state index in [1.54, 1.807) is 55.6 Å². The number of carbonyl (C=O) groups excluding carboxylic acids is 1. The molecule has 0 saturated heterocycles. The van der Waals surface area contributed by atoms with Crippen molar-refractivity contribution in [2.24, 2.45) is 7.05 Å². The highest BCUT2D eigenvalue weighted by atomic mass is 35.5. The number of rotatable bonds is 2. The first-order chi connectivity index (χ1) is 11.0. The second-order valence-electron chi connectivity index (χ2n) is 5.07. The first-order valence-electron chi connectivity index (χ1n) is 6.86. The summed E-state index contributed by atoms with van der Waals surface area (Å²) < 4.78 is 1.34. The summed E-state index contributed by atoms with van der Waals surface area (Å²) >= 11 is 5.87. The molecule has 1 heterocycles. The lowest BCUT2D eigenvalue weighted by molar-refractivity contribution is 0.102. The van der Waals surface area contributed by atoms with Crippen molar-refractivity contribution in [2.75, 3.05) is 5.32 Å². The molecule has 0 aliphatic heterocycles. The Kier molecular flexibility index (Phi) is 3.80. The zero-order valence-corrected chi connectivity index (χ0v) is 13.0. The minimum absolute atomic E-state index is 0.300. The van der Waals surface area contributed by atoms with Crippen molar-refractivity contribution in [2.45, 2.75) is 0 Å². The molecular formula is C17H13ClN2O3. The fourth-order valence-electron chi connectivity index (χ4n) is 2.44. The summed E-state index contributed by atoms with van der Waals surface area (Å²) in [5.41, 5.74) is 0.123. The number of benzene rings is 2. The summed E-state index contributed by atoms with van der Waals surface area (Å²) in [7, 11) is 1.56. The number of amides is 1. The first-order valence-corrected chi connectivity index (χ1v) is 7.24. The summed E-state index contributed by atoms with van der Waals surface area (Å²) in [6.45, 7) is 0. The molecule has 3 aromatic rings. The lowest BCUT2D eigenvalue weighted by Gasteiger charge is -2.12. The Labute approximate surface area is 136 Å². The van der Waals surface area contributed by atoms with Crippen LogP contribution in [0.1, 0.15) is 10.4 Å². The van der Waals surface area contributed by atoms with Crippen LogP contribution in [0.4, 0.5) is 5.69 Å². The molecule has 2 N–H and O–H groups in total. The van der Waals surface area contributed by atoms with Gasteiger partial charge in [0.25, 0.3) is 11.5 Å². The Hall–Kier alpha value is -2.79. The molecule has 0 atom stereocenters. The number of nitrogens with zero attached hydrogens (tertiary/aromatic N) is 1. The van der Waals surface area contributed by atoms with Crippen molar-refractivity contribution in [1.82, 2.24) is 4.57 Å².